The number of aliphatic hydroxyl groups is 4. The molecular formula is C12H26O8. The molecule has 2 aliphatic heterocycles. The SMILES string of the molecule is C(OCC1CO1)C1CO1.OCCO.OCCOCCO. The zero-order valence-corrected chi connectivity index (χ0v) is 11.6. The second-order valence-corrected chi connectivity index (χ2v) is 3.95. The number of epoxide rings is 2. The monoisotopic (exact) mass is 298 g/mol. The molecule has 8 nitrogen and oxygen atoms in total. The van der Waals surface area contributed by atoms with Gasteiger partial charge in [-0.1, -0.05) is 0 Å². The smallest absolute Gasteiger partial charge is 0.104 e. The summed E-state index contributed by atoms with van der Waals surface area (Å²) < 4.78 is 19.8. The number of rotatable bonds is 9. The van der Waals surface area contributed by atoms with Gasteiger partial charge in [0.2, 0.25) is 0 Å². The van der Waals surface area contributed by atoms with E-state index < -0.39 is 0 Å². The summed E-state index contributed by atoms with van der Waals surface area (Å²) in [5.74, 6) is 0. The molecule has 4 N–H and O–H groups in total. The highest BCUT2D eigenvalue weighted by Crippen LogP contribution is 2.12. The molecule has 2 atom stereocenters. The molecule has 0 saturated carbocycles. The van der Waals surface area contributed by atoms with Gasteiger partial charge in [0.05, 0.1) is 66.1 Å². The van der Waals surface area contributed by atoms with E-state index in [1.165, 1.54) is 0 Å². The van der Waals surface area contributed by atoms with Crippen molar-refractivity contribution in [2.75, 3.05) is 66.1 Å². The van der Waals surface area contributed by atoms with Crippen LogP contribution >= 0.6 is 0 Å². The minimum absolute atomic E-state index is 0.0278. The lowest BCUT2D eigenvalue weighted by atomic mass is 10.5. The quantitative estimate of drug-likeness (QED) is 0.278. The van der Waals surface area contributed by atoms with Gasteiger partial charge < -0.3 is 39.4 Å². The molecular weight excluding hydrogens is 272 g/mol. The molecule has 0 spiro atoms. The van der Waals surface area contributed by atoms with Crippen molar-refractivity contribution in [1.82, 2.24) is 0 Å². The van der Waals surface area contributed by atoms with Crippen LogP contribution in [0.5, 0.6) is 0 Å². The molecule has 2 heterocycles. The van der Waals surface area contributed by atoms with Crippen LogP contribution in [0.4, 0.5) is 0 Å². The van der Waals surface area contributed by atoms with Crippen molar-refractivity contribution in [2.24, 2.45) is 0 Å². The topological polar surface area (TPSA) is 124 Å². The first-order chi connectivity index (χ1) is 9.78. The summed E-state index contributed by atoms with van der Waals surface area (Å²) >= 11 is 0. The van der Waals surface area contributed by atoms with Gasteiger partial charge in [0.25, 0.3) is 0 Å². The Morgan fingerprint density at radius 3 is 1.35 bits per heavy atom. The number of hydrogen-bond donors (Lipinski definition) is 4. The Morgan fingerprint density at radius 2 is 1.10 bits per heavy atom. The number of ether oxygens (including phenoxy) is 4. The van der Waals surface area contributed by atoms with Crippen LogP contribution in [0, 0.1) is 0 Å². The highest BCUT2D eigenvalue weighted by molar-refractivity contribution is 4.71. The van der Waals surface area contributed by atoms with Crippen molar-refractivity contribution < 1.29 is 39.4 Å². The minimum atomic E-state index is -0.125. The maximum atomic E-state index is 8.09. The van der Waals surface area contributed by atoms with Crippen LogP contribution in [0.2, 0.25) is 0 Å². The number of hydrogen-bond acceptors (Lipinski definition) is 8. The predicted octanol–water partition coefficient (Wildman–Crippen LogP) is -2.24. The first kappa shape index (κ1) is 19.7. The van der Waals surface area contributed by atoms with E-state index in [0.717, 1.165) is 26.4 Å². The molecule has 20 heavy (non-hydrogen) atoms. The molecule has 0 aliphatic carbocycles. The Balaban J connectivity index is 0.000000296. The van der Waals surface area contributed by atoms with E-state index in [1.807, 2.05) is 0 Å². The van der Waals surface area contributed by atoms with E-state index in [4.69, 9.17) is 34.6 Å². The fourth-order valence-corrected chi connectivity index (χ4v) is 0.891. The molecule has 2 saturated heterocycles. The Labute approximate surface area is 118 Å². The zero-order valence-electron chi connectivity index (χ0n) is 11.6. The van der Waals surface area contributed by atoms with Crippen LogP contribution in [-0.4, -0.2) is 98.7 Å². The summed E-state index contributed by atoms with van der Waals surface area (Å²) in [4.78, 5) is 0. The van der Waals surface area contributed by atoms with Gasteiger partial charge >= 0.3 is 0 Å². The molecule has 122 valence electrons. The van der Waals surface area contributed by atoms with Gasteiger partial charge in [0, 0.05) is 0 Å². The fourth-order valence-electron chi connectivity index (χ4n) is 0.891. The second-order valence-electron chi connectivity index (χ2n) is 3.95. The fraction of sp³-hybridized carbons (Fsp3) is 1.00. The van der Waals surface area contributed by atoms with Gasteiger partial charge in [0.15, 0.2) is 0 Å². The van der Waals surface area contributed by atoms with Crippen molar-refractivity contribution in [3.8, 4) is 0 Å². The lowest BCUT2D eigenvalue weighted by molar-refractivity contribution is 0.0650. The summed E-state index contributed by atoms with van der Waals surface area (Å²) in [5, 5.41) is 31.4. The third kappa shape index (κ3) is 17.7. The molecule has 0 bridgehead atoms. The lowest BCUT2D eigenvalue weighted by Crippen LogP contribution is -2.06. The zero-order chi connectivity index (χ0) is 15.1. The van der Waals surface area contributed by atoms with Gasteiger partial charge in [-0.15, -0.1) is 0 Å². The predicted molar refractivity (Wildman–Crippen MR) is 69.5 cm³/mol. The Bertz CT molecular complexity index is 166. The first-order valence-corrected chi connectivity index (χ1v) is 6.60. The van der Waals surface area contributed by atoms with E-state index in [9.17, 15) is 0 Å². The maximum absolute atomic E-state index is 8.09. The third-order valence-electron chi connectivity index (χ3n) is 1.98. The Kier molecular flexibility index (Phi) is 14.8. The summed E-state index contributed by atoms with van der Waals surface area (Å²) in [5.41, 5.74) is 0. The average molecular weight is 298 g/mol. The van der Waals surface area contributed by atoms with E-state index >= 15 is 0 Å². The van der Waals surface area contributed by atoms with Crippen LogP contribution in [0.3, 0.4) is 0 Å². The molecule has 0 aromatic rings. The molecule has 0 aromatic carbocycles. The van der Waals surface area contributed by atoms with Crippen LogP contribution < -0.4 is 0 Å². The van der Waals surface area contributed by atoms with Gasteiger partial charge in [0.1, 0.15) is 12.2 Å². The lowest BCUT2D eigenvalue weighted by Gasteiger charge is -1.95. The molecule has 8 heteroatoms. The van der Waals surface area contributed by atoms with Crippen LogP contribution in [0.15, 0.2) is 0 Å². The molecule has 0 aromatic heterocycles. The molecule has 0 amide bonds. The van der Waals surface area contributed by atoms with Gasteiger partial charge in [-0.05, 0) is 0 Å². The summed E-state index contributed by atoms with van der Waals surface area (Å²) in [6.45, 7) is 3.71. The average Bonchev–Trinajstić information content (AvgIpc) is 3.35. The highest BCUT2D eigenvalue weighted by atomic mass is 16.6. The Hall–Kier alpha value is -0.320. The van der Waals surface area contributed by atoms with Gasteiger partial charge in [-0.3, -0.25) is 0 Å². The van der Waals surface area contributed by atoms with Gasteiger partial charge in [-0.25, -0.2) is 0 Å². The van der Waals surface area contributed by atoms with E-state index in [0.29, 0.717) is 25.4 Å². The minimum Gasteiger partial charge on any atom is -0.394 e. The maximum Gasteiger partial charge on any atom is 0.104 e. The molecule has 2 aliphatic rings. The van der Waals surface area contributed by atoms with Crippen molar-refractivity contribution in [1.29, 1.82) is 0 Å². The van der Waals surface area contributed by atoms with Crippen molar-refractivity contribution in [2.45, 2.75) is 12.2 Å². The van der Waals surface area contributed by atoms with Crippen LogP contribution in [-0.2, 0) is 18.9 Å². The van der Waals surface area contributed by atoms with E-state index in [1.54, 1.807) is 0 Å². The van der Waals surface area contributed by atoms with Gasteiger partial charge in [-0.2, -0.15) is 0 Å². The standard InChI is InChI=1S/C6H10O3.C4H10O3.C2H6O2/c1(5-3-8-5)7-2-6-4-9-6;5-1-3-7-4-2-6;3-1-2-4/h5-6H,1-4H2;5-6H,1-4H2;3-4H,1-2H2. The normalized spacial score (nSPS) is 22.2. The summed E-state index contributed by atoms with van der Waals surface area (Å²) in [6.07, 6.45) is 0.785. The molecule has 2 rings (SSSR count). The molecule has 2 fully saturated rings. The first-order valence-electron chi connectivity index (χ1n) is 6.60. The van der Waals surface area contributed by atoms with Crippen molar-refractivity contribution in [3.05, 3.63) is 0 Å². The van der Waals surface area contributed by atoms with E-state index in [2.05, 4.69) is 4.74 Å². The molecule has 0 radical (unpaired) electrons. The highest BCUT2D eigenvalue weighted by Gasteiger charge is 2.26. The van der Waals surface area contributed by atoms with Crippen molar-refractivity contribution >= 4 is 0 Å². The van der Waals surface area contributed by atoms with Crippen LogP contribution in [0.25, 0.3) is 0 Å². The number of aliphatic hydroxyl groups excluding tert-OH is 4. The largest absolute Gasteiger partial charge is 0.394 e. The second kappa shape index (κ2) is 15.1. The van der Waals surface area contributed by atoms with E-state index in [-0.39, 0.29) is 26.4 Å². The summed E-state index contributed by atoms with van der Waals surface area (Å²) in [6, 6.07) is 0. The Morgan fingerprint density at radius 1 is 0.700 bits per heavy atom. The molecule has 2 unspecified atom stereocenters. The van der Waals surface area contributed by atoms with Crippen molar-refractivity contribution in [3.63, 3.8) is 0 Å². The summed E-state index contributed by atoms with van der Waals surface area (Å²) in [7, 11) is 0. The van der Waals surface area contributed by atoms with Crippen LogP contribution in [0.1, 0.15) is 0 Å². The third-order valence-corrected chi connectivity index (χ3v) is 1.98.